The lowest BCUT2D eigenvalue weighted by Gasteiger charge is -2.49. The summed E-state index contributed by atoms with van der Waals surface area (Å²) < 4.78 is 32.7. The van der Waals surface area contributed by atoms with Gasteiger partial charge in [-0.3, -0.25) is 9.59 Å². The summed E-state index contributed by atoms with van der Waals surface area (Å²) in [5.41, 5.74) is 1.99. The molecule has 2 amide bonds. The van der Waals surface area contributed by atoms with Crippen LogP contribution in [0.1, 0.15) is 64.8 Å². The number of hydrogen-bond acceptors (Lipinski definition) is 7. The van der Waals surface area contributed by atoms with Crippen molar-refractivity contribution in [2.24, 2.45) is 0 Å². The Hall–Kier alpha value is -3.71. The summed E-state index contributed by atoms with van der Waals surface area (Å²) in [6, 6.07) is 14.9. The van der Waals surface area contributed by atoms with Gasteiger partial charge in [0.15, 0.2) is 6.61 Å². The molecule has 0 bridgehead atoms. The molecule has 3 aromatic rings. The lowest BCUT2D eigenvalue weighted by atomic mass is 9.76. The molecule has 46 heavy (non-hydrogen) atoms. The molecule has 1 aliphatic heterocycles. The van der Waals surface area contributed by atoms with Crippen molar-refractivity contribution in [3.05, 3.63) is 93.1 Å². The second-order valence-corrected chi connectivity index (χ2v) is 14.1. The van der Waals surface area contributed by atoms with Gasteiger partial charge in [0.1, 0.15) is 0 Å². The summed E-state index contributed by atoms with van der Waals surface area (Å²) in [4.78, 5) is 45.5. The minimum absolute atomic E-state index is 0.156. The maximum atomic E-state index is 14.4. The number of nitrogens with one attached hydrogen (secondary N) is 2. The van der Waals surface area contributed by atoms with Gasteiger partial charge in [-0.05, 0) is 48.2 Å². The van der Waals surface area contributed by atoms with E-state index >= 15 is 0 Å². The second-order valence-electron chi connectivity index (χ2n) is 11.4. The van der Waals surface area contributed by atoms with Crippen LogP contribution in [-0.4, -0.2) is 72.7 Å². The maximum Gasteiger partial charge on any atom is 0.341 e. The Labute approximate surface area is 277 Å². The Bertz CT molecular complexity index is 1740. The van der Waals surface area contributed by atoms with Gasteiger partial charge in [0.2, 0.25) is 21.8 Å². The zero-order valence-electron chi connectivity index (χ0n) is 25.0. The second kappa shape index (κ2) is 14.4. The Morgan fingerprint density at radius 2 is 1.80 bits per heavy atom. The molecule has 4 atom stereocenters. The largest absolute Gasteiger partial charge is 0.479 e. The van der Waals surface area contributed by atoms with Crippen molar-refractivity contribution in [1.29, 1.82) is 0 Å². The molecule has 0 spiro atoms. The molecule has 1 aromatic heterocycles. The van der Waals surface area contributed by atoms with Crippen LogP contribution < -0.4 is 14.8 Å². The molecule has 5 rings (SSSR count). The molecule has 11 nitrogen and oxygen atoms in total. The van der Waals surface area contributed by atoms with Crippen molar-refractivity contribution in [2.45, 2.75) is 56.1 Å². The van der Waals surface area contributed by atoms with Crippen LogP contribution in [0.3, 0.4) is 0 Å². The van der Waals surface area contributed by atoms with E-state index in [4.69, 9.17) is 33.0 Å². The molecule has 2 aromatic carbocycles. The van der Waals surface area contributed by atoms with Crippen LogP contribution in [0.4, 0.5) is 0 Å². The fraction of sp³-hybridized carbons (Fsp3) is 0.375. The number of pyridine rings is 1. The maximum absolute atomic E-state index is 14.4. The molecule has 3 N–H and O–H groups in total. The van der Waals surface area contributed by atoms with Crippen LogP contribution >= 0.6 is 23.2 Å². The van der Waals surface area contributed by atoms with Gasteiger partial charge >= 0.3 is 5.97 Å². The number of carbonyl (C=O) groups excluding carboxylic acids is 2. The van der Waals surface area contributed by atoms with Crippen LogP contribution in [0.2, 0.25) is 10.0 Å². The lowest BCUT2D eigenvalue weighted by Crippen LogP contribution is -2.59. The van der Waals surface area contributed by atoms with Gasteiger partial charge < -0.3 is 20.1 Å². The first-order valence-electron chi connectivity index (χ1n) is 14.8. The van der Waals surface area contributed by atoms with E-state index in [1.165, 1.54) is 0 Å². The highest BCUT2D eigenvalue weighted by molar-refractivity contribution is 7.88. The fourth-order valence-electron chi connectivity index (χ4n) is 6.36. The van der Waals surface area contributed by atoms with Crippen molar-refractivity contribution < 1.29 is 32.6 Å². The lowest BCUT2D eigenvalue weighted by molar-refractivity contribution is -0.139. The molecule has 2 aliphatic rings. The highest BCUT2D eigenvalue weighted by Gasteiger charge is 2.49. The summed E-state index contributed by atoms with van der Waals surface area (Å²) in [6.07, 6.45) is 4.04. The first-order chi connectivity index (χ1) is 21.9. The van der Waals surface area contributed by atoms with Crippen LogP contribution in [0.25, 0.3) is 0 Å². The zero-order chi connectivity index (χ0) is 33.0. The number of rotatable bonds is 11. The third-order valence-corrected chi connectivity index (χ3v) is 9.49. The quantitative estimate of drug-likeness (QED) is 0.269. The predicted molar refractivity (Wildman–Crippen MR) is 173 cm³/mol. The molecule has 1 fully saturated rings. The molecular formula is C32H34Cl2N4O7S. The van der Waals surface area contributed by atoms with Crippen molar-refractivity contribution in [3.63, 3.8) is 0 Å². The van der Waals surface area contributed by atoms with Gasteiger partial charge in [0.05, 0.1) is 18.2 Å². The number of nitrogens with zero attached hydrogens (tertiary/aromatic N) is 2. The SMILES string of the molecule is CS(=O)(=O)NC1CCCCC1N1C(=O)c2ccccc2C(C(=O)NCCc2cccc(OCC(=O)O)n2)C1c1ccc(Cl)cc1Cl. The van der Waals surface area contributed by atoms with Crippen molar-refractivity contribution in [1.82, 2.24) is 19.9 Å². The minimum atomic E-state index is -3.60. The molecule has 0 radical (unpaired) electrons. The van der Waals surface area contributed by atoms with Gasteiger partial charge in [-0.1, -0.05) is 66.4 Å². The Morgan fingerprint density at radius 1 is 1.04 bits per heavy atom. The number of aromatic nitrogens is 1. The van der Waals surface area contributed by atoms with Gasteiger partial charge in [-0.15, -0.1) is 0 Å². The fourth-order valence-corrected chi connectivity index (χ4v) is 7.71. The number of hydrogen-bond donors (Lipinski definition) is 3. The topological polar surface area (TPSA) is 155 Å². The molecule has 0 saturated heterocycles. The van der Waals surface area contributed by atoms with Crippen molar-refractivity contribution in [3.8, 4) is 5.88 Å². The van der Waals surface area contributed by atoms with Gasteiger partial charge in [-0.2, -0.15) is 0 Å². The minimum Gasteiger partial charge on any atom is -0.479 e. The zero-order valence-corrected chi connectivity index (χ0v) is 27.3. The number of aliphatic carboxylic acids is 1. The number of halogens is 2. The summed E-state index contributed by atoms with van der Waals surface area (Å²) in [7, 11) is -3.60. The summed E-state index contributed by atoms with van der Waals surface area (Å²) in [6.45, 7) is -0.344. The average molecular weight is 690 g/mol. The Balaban J connectivity index is 1.51. The third-order valence-electron chi connectivity index (χ3n) is 8.20. The third kappa shape index (κ3) is 7.80. The van der Waals surface area contributed by atoms with Crippen molar-refractivity contribution in [2.75, 3.05) is 19.4 Å². The van der Waals surface area contributed by atoms with E-state index in [0.717, 1.165) is 19.1 Å². The summed E-state index contributed by atoms with van der Waals surface area (Å²) in [5.74, 6) is -2.54. The van der Waals surface area contributed by atoms with E-state index in [2.05, 4.69) is 15.0 Å². The first kappa shape index (κ1) is 33.6. The Morgan fingerprint density at radius 3 is 2.54 bits per heavy atom. The molecule has 1 aliphatic carbocycles. The summed E-state index contributed by atoms with van der Waals surface area (Å²) >= 11 is 13.0. The number of carboxylic acid groups (broad SMARTS) is 1. The van der Waals surface area contributed by atoms with E-state index < -0.39 is 46.6 Å². The normalized spacial score (nSPS) is 21.4. The molecule has 14 heteroatoms. The predicted octanol–water partition coefficient (Wildman–Crippen LogP) is 4.35. The van der Waals surface area contributed by atoms with Crippen LogP contribution in [0, 0.1) is 0 Å². The standard InChI is InChI=1S/C32H34Cl2N4O7S/c1-46(43,44)37-25-10-4-5-11-26(25)38-30(23-14-13-19(33)17-24(23)34)29(21-8-2-3-9-22(21)32(38)42)31(41)35-16-15-20-7-6-12-27(36-20)45-18-28(39)40/h2-3,6-9,12-14,17,25-26,29-30,37H,4-5,10-11,15-16,18H2,1H3,(H,35,41)(H,39,40). The van der Waals surface area contributed by atoms with Gasteiger partial charge in [0.25, 0.3) is 5.91 Å². The molecule has 1 saturated carbocycles. The number of amides is 2. The molecule has 4 unspecified atom stereocenters. The van der Waals surface area contributed by atoms with Gasteiger partial charge in [-0.25, -0.2) is 22.9 Å². The average Bonchev–Trinajstić information content (AvgIpc) is 3.00. The number of fused-ring (bicyclic) bond motifs is 1. The van der Waals surface area contributed by atoms with E-state index in [0.29, 0.717) is 46.7 Å². The van der Waals surface area contributed by atoms with Crippen LogP contribution in [0.5, 0.6) is 5.88 Å². The number of carboxylic acids is 1. The number of carbonyl (C=O) groups is 3. The van der Waals surface area contributed by atoms with E-state index in [-0.39, 0.29) is 29.3 Å². The highest BCUT2D eigenvalue weighted by atomic mass is 35.5. The molecular weight excluding hydrogens is 655 g/mol. The number of sulfonamides is 1. The monoisotopic (exact) mass is 688 g/mol. The highest BCUT2D eigenvalue weighted by Crippen LogP contribution is 2.47. The van der Waals surface area contributed by atoms with Crippen molar-refractivity contribution >= 4 is 51.0 Å². The number of ether oxygens (including phenoxy) is 1. The van der Waals surface area contributed by atoms with E-state index in [1.54, 1.807) is 65.6 Å². The van der Waals surface area contributed by atoms with Crippen LogP contribution in [-0.2, 0) is 26.0 Å². The summed E-state index contributed by atoms with van der Waals surface area (Å²) in [5, 5.41) is 12.5. The first-order valence-corrected chi connectivity index (χ1v) is 17.5. The molecule has 244 valence electrons. The van der Waals surface area contributed by atoms with E-state index in [1.807, 2.05) is 0 Å². The smallest absolute Gasteiger partial charge is 0.341 e. The van der Waals surface area contributed by atoms with Gasteiger partial charge in [0, 0.05) is 52.4 Å². The molecule has 2 heterocycles. The Kier molecular flexibility index (Phi) is 10.5. The van der Waals surface area contributed by atoms with Crippen LogP contribution in [0.15, 0.2) is 60.7 Å². The number of benzene rings is 2. The van der Waals surface area contributed by atoms with E-state index in [9.17, 15) is 22.8 Å².